The van der Waals surface area contributed by atoms with Crippen LogP contribution in [0.1, 0.15) is 24.1 Å². The Labute approximate surface area is 133 Å². The zero-order valence-corrected chi connectivity index (χ0v) is 13.9. The number of rotatable bonds is 3. The molecule has 0 bridgehead atoms. The van der Waals surface area contributed by atoms with E-state index in [2.05, 4.69) is 52.5 Å². The van der Waals surface area contributed by atoms with Gasteiger partial charge < -0.3 is 10.6 Å². The second-order valence-electron chi connectivity index (χ2n) is 4.69. The van der Waals surface area contributed by atoms with E-state index in [9.17, 15) is 0 Å². The smallest absolute Gasteiger partial charge is 0.171 e. The predicted octanol–water partition coefficient (Wildman–Crippen LogP) is 4.81. The van der Waals surface area contributed by atoms with Gasteiger partial charge in [0.2, 0.25) is 0 Å². The van der Waals surface area contributed by atoms with Gasteiger partial charge in [0.1, 0.15) is 0 Å². The standard InChI is InChI=1S/C16H17BrN2S/c1-11-6-3-4-9-15(11)12(2)18-16(20)19-14-8-5-7-13(17)10-14/h3-10,12H,1-2H3,(H2,18,19,20)/t12-/m0/s1. The highest BCUT2D eigenvalue weighted by Gasteiger charge is 2.09. The van der Waals surface area contributed by atoms with Crippen LogP contribution in [0.5, 0.6) is 0 Å². The first kappa shape index (κ1) is 15.0. The van der Waals surface area contributed by atoms with Crippen LogP contribution in [0.4, 0.5) is 5.69 Å². The van der Waals surface area contributed by atoms with Gasteiger partial charge in [0, 0.05) is 10.2 Å². The number of hydrogen-bond donors (Lipinski definition) is 2. The second kappa shape index (κ2) is 6.86. The molecule has 2 N–H and O–H groups in total. The molecule has 2 aromatic carbocycles. The van der Waals surface area contributed by atoms with Crippen LogP contribution < -0.4 is 10.6 Å². The van der Waals surface area contributed by atoms with Crippen LogP contribution in [0, 0.1) is 6.92 Å². The summed E-state index contributed by atoms with van der Waals surface area (Å²) in [5.41, 5.74) is 3.48. The van der Waals surface area contributed by atoms with Gasteiger partial charge in [-0.2, -0.15) is 0 Å². The molecular weight excluding hydrogens is 332 g/mol. The van der Waals surface area contributed by atoms with Gasteiger partial charge in [0.05, 0.1) is 6.04 Å². The molecule has 2 nitrogen and oxygen atoms in total. The molecule has 2 rings (SSSR count). The van der Waals surface area contributed by atoms with Gasteiger partial charge in [-0.3, -0.25) is 0 Å². The van der Waals surface area contributed by atoms with Gasteiger partial charge in [0.15, 0.2) is 5.11 Å². The minimum Gasteiger partial charge on any atom is -0.356 e. The van der Waals surface area contributed by atoms with Crippen molar-refractivity contribution in [2.75, 3.05) is 5.32 Å². The second-order valence-corrected chi connectivity index (χ2v) is 6.01. The summed E-state index contributed by atoms with van der Waals surface area (Å²) >= 11 is 8.81. The van der Waals surface area contributed by atoms with Crippen molar-refractivity contribution in [1.82, 2.24) is 5.32 Å². The molecule has 0 unspecified atom stereocenters. The third-order valence-corrected chi connectivity index (χ3v) is 3.80. The largest absolute Gasteiger partial charge is 0.356 e. The minimum absolute atomic E-state index is 0.170. The Morgan fingerprint density at radius 3 is 2.60 bits per heavy atom. The zero-order valence-electron chi connectivity index (χ0n) is 11.5. The molecule has 0 radical (unpaired) electrons. The fourth-order valence-corrected chi connectivity index (χ4v) is 2.77. The van der Waals surface area contributed by atoms with Crippen molar-refractivity contribution in [3.8, 4) is 0 Å². The molecule has 0 aromatic heterocycles. The lowest BCUT2D eigenvalue weighted by Gasteiger charge is -2.19. The molecule has 1 atom stereocenters. The van der Waals surface area contributed by atoms with E-state index < -0.39 is 0 Å². The summed E-state index contributed by atoms with van der Waals surface area (Å²) in [5.74, 6) is 0. The van der Waals surface area contributed by atoms with Crippen LogP contribution in [-0.2, 0) is 0 Å². The van der Waals surface area contributed by atoms with E-state index >= 15 is 0 Å². The van der Waals surface area contributed by atoms with E-state index in [0.29, 0.717) is 5.11 Å². The topological polar surface area (TPSA) is 24.1 Å². The van der Waals surface area contributed by atoms with Crippen LogP contribution in [-0.4, -0.2) is 5.11 Å². The molecule has 0 saturated carbocycles. The lowest BCUT2D eigenvalue weighted by atomic mass is 10.0. The number of aryl methyl sites for hydroxylation is 1. The number of thiocarbonyl (C=S) groups is 1. The SMILES string of the molecule is Cc1ccccc1[C@H](C)NC(=S)Nc1cccc(Br)c1. The van der Waals surface area contributed by atoms with Crippen molar-refractivity contribution in [3.05, 3.63) is 64.1 Å². The monoisotopic (exact) mass is 348 g/mol. The molecule has 0 spiro atoms. The molecule has 4 heteroatoms. The fourth-order valence-electron chi connectivity index (χ4n) is 2.08. The summed E-state index contributed by atoms with van der Waals surface area (Å²) < 4.78 is 1.03. The van der Waals surface area contributed by atoms with Crippen LogP contribution in [0.3, 0.4) is 0 Å². The first-order chi connectivity index (χ1) is 9.56. The summed E-state index contributed by atoms with van der Waals surface area (Å²) in [6, 6.07) is 16.4. The quantitative estimate of drug-likeness (QED) is 0.778. The number of benzene rings is 2. The third kappa shape index (κ3) is 4.05. The van der Waals surface area contributed by atoms with Gasteiger partial charge in [-0.15, -0.1) is 0 Å². The fraction of sp³-hybridized carbons (Fsp3) is 0.188. The Morgan fingerprint density at radius 1 is 1.15 bits per heavy atom. The highest BCUT2D eigenvalue weighted by Crippen LogP contribution is 2.18. The predicted molar refractivity (Wildman–Crippen MR) is 93.1 cm³/mol. The summed E-state index contributed by atoms with van der Waals surface area (Å²) in [6.45, 7) is 4.22. The number of hydrogen-bond acceptors (Lipinski definition) is 1. The van der Waals surface area contributed by atoms with Gasteiger partial charge in [0.25, 0.3) is 0 Å². The average molecular weight is 349 g/mol. The van der Waals surface area contributed by atoms with E-state index in [0.717, 1.165) is 10.2 Å². The molecule has 0 heterocycles. The molecule has 0 aliphatic carbocycles. The van der Waals surface area contributed by atoms with E-state index in [1.54, 1.807) is 0 Å². The molecular formula is C16H17BrN2S. The Kier molecular flexibility index (Phi) is 5.15. The summed E-state index contributed by atoms with van der Waals surface area (Å²) in [5, 5.41) is 7.13. The van der Waals surface area contributed by atoms with E-state index in [-0.39, 0.29) is 6.04 Å². The average Bonchev–Trinajstić information content (AvgIpc) is 2.38. The Bertz CT molecular complexity index is 613. The van der Waals surface area contributed by atoms with Gasteiger partial charge in [-0.1, -0.05) is 46.3 Å². The van der Waals surface area contributed by atoms with Crippen molar-refractivity contribution in [3.63, 3.8) is 0 Å². The molecule has 0 aliphatic rings. The first-order valence-corrected chi connectivity index (χ1v) is 7.65. The highest BCUT2D eigenvalue weighted by molar-refractivity contribution is 9.10. The van der Waals surface area contributed by atoms with Gasteiger partial charge in [-0.25, -0.2) is 0 Å². The van der Waals surface area contributed by atoms with Crippen LogP contribution >= 0.6 is 28.1 Å². The normalized spacial score (nSPS) is 11.8. The maximum Gasteiger partial charge on any atom is 0.171 e. The Hall–Kier alpha value is -1.39. The summed E-state index contributed by atoms with van der Waals surface area (Å²) in [6.07, 6.45) is 0. The maximum atomic E-state index is 5.36. The molecule has 0 saturated heterocycles. The Morgan fingerprint density at radius 2 is 1.90 bits per heavy atom. The van der Waals surface area contributed by atoms with Crippen LogP contribution in [0.2, 0.25) is 0 Å². The molecule has 0 amide bonds. The maximum absolute atomic E-state index is 5.36. The molecule has 20 heavy (non-hydrogen) atoms. The molecule has 0 aliphatic heterocycles. The van der Waals surface area contributed by atoms with Crippen molar-refractivity contribution in [1.29, 1.82) is 0 Å². The van der Waals surface area contributed by atoms with Crippen molar-refractivity contribution in [2.24, 2.45) is 0 Å². The van der Waals surface area contributed by atoms with Crippen molar-refractivity contribution >= 4 is 38.9 Å². The molecule has 104 valence electrons. The Balaban J connectivity index is 2.00. The highest BCUT2D eigenvalue weighted by atomic mass is 79.9. The van der Waals surface area contributed by atoms with Crippen molar-refractivity contribution < 1.29 is 0 Å². The number of nitrogens with one attached hydrogen (secondary N) is 2. The van der Waals surface area contributed by atoms with E-state index in [4.69, 9.17) is 12.2 Å². The number of anilines is 1. The first-order valence-electron chi connectivity index (χ1n) is 6.45. The summed E-state index contributed by atoms with van der Waals surface area (Å²) in [4.78, 5) is 0. The van der Waals surface area contributed by atoms with Crippen LogP contribution in [0.25, 0.3) is 0 Å². The van der Waals surface area contributed by atoms with Crippen LogP contribution in [0.15, 0.2) is 53.0 Å². The minimum atomic E-state index is 0.170. The zero-order chi connectivity index (χ0) is 14.5. The van der Waals surface area contributed by atoms with E-state index in [1.807, 2.05) is 36.4 Å². The summed E-state index contributed by atoms with van der Waals surface area (Å²) in [7, 11) is 0. The molecule has 2 aromatic rings. The lowest BCUT2D eigenvalue weighted by Crippen LogP contribution is -2.31. The van der Waals surface area contributed by atoms with Gasteiger partial charge >= 0.3 is 0 Å². The third-order valence-electron chi connectivity index (χ3n) is 3.09. The number of halogens is 1. The van der Waals surface area contributed by atoms with Gasteiger partial charge in [-0.05, 0) is 55.4 Å². The lowest BCUT2D eigenvalue weighted by molar-refractivity contribution is 0.717. The van der Waals surface area contributed by atoms with Crippen molar-refractivity contribution in [2.45, 2.75) is 19.9 Å². The van der Waals surface area contributed by atoms with E-state index in [1.165, 1.54) is 11.1 Å². The molecule has 0 fully saturated rings.